The van der Waals surface area contributed by atoms with E-state index < -0.39 is 11.5 Å². The summed E-state index contributed by atoms with van der Waals surface area (Å²) in [6.07, 6.45) is 2.33. The Morgan fingerprint density at radius 2 is 2.15 bits per heavy atom. The number of carboxylic acids is 1. The van der Waals surface area contributed by atoms with Crippen LogP contribution in [0.25, 0.3) is 0 Å². The fourth-order valence-corrected chi connectivity index (χ4v) is 3.78. The van der Waals surface area contributed by atoms with Crippen LogP contribution in [0.3, 0.4) is 0 Å². The highest BCUT2D eigenvalue weighted by molar-refractivity contribution is 5.79. The van der Waals surface area contributed by atoms with E-state index in [1.54, 1.807) is 0 Å². The molecule has 0 spiro atoms. The summed E-state index contributed by atoms with van der Waals surface area (Å²) < 4.78 is 1.88. The summed E-state index contributed by atoms with van der Waals surface area (Å²) >= 11 is 0. The number of carbonyl (C=O) groups is 1. The smallest absolute Gasteiger partial charge is 0.324 e. The summed E-state index contributed by atoms with van der Waals surface area (Å²) in [5.74, 6) is -0.691. The van der Waals surface area contributed by atoms with Gasteiger partial charge in [-0.15, -0.1) is 0 Å². The van der Waals surface area contributed by atoms with E-state index in [1.165, 1.54) is 5.56 Å². The average molecular weight is 279 g/mol. The third-order valence-corrected chi connectivity index (χ3v) is 4.97. The van der Waals surface area contributed by atoms with Gasteiger partial charge in [-0.25, -0.2) is 0 Å². The molecule has 2 heterocycles. The number of hydrogen-bond donors (Lipinski definition) is 1. The summed E-state index contributed by atoms with van der Waals surface area (Å²) in [7, 11) is 1.94. The van der Waals surface area contributed by atoms with Gasteiger partial charge in [0.15, 0.2) is 0 Å². The molecular weight excluding hydrogens is 254 g/mol. The van der Waals surface area contributed by atoms with Crippen LogP contribution in [-0.2, 0) is 11.8 Å². The van der Waals surface area contributed by atoms with Gasteiger partial charge < -0.3 is 5.11 Å². The number of carboxylic acid groups (broad SMARTS) is 1. The van der Waals surface area contributed by atoms with Gasteiger partial charge >= 0.3 is 5.97 Å². The molecule has 5 heteroatoms. The van der Waals surface area contributed by atoms with Crippen LogP contribution >= 0.6 is 0 Å². The van der Waals surface area contributed by atoms with Crippen molar-refractivity contribution in [3.8, 4) is 0 Å². The maximum atomic E-state index is 11.8. The molecule has 1 aliphatic rings. The summed E-state index contributed by atoms with van der Waals surface area (Å²) in [4.78, 5) is 14.0. The number of aliphatic carboxylic acids is 1. The molecule has 1 N–H and O–H groups in total. The summed E-state index contributed by atoms with van der Waals surface area (Å²) in [5.41, 5.74) is 2.58. The van der Waals surface area contributed by atoms with Crippen LogP contribution in [-0.4, -0.2) is 37.8 Å². The lowest BCUT2D eigenvalue weighted by molar-refractivity contribution is -0.151. The fraction of sp³-hybridized carbons (Fsp3) is 0.733. The fourth-order valence-electron chi connectivity index (χ4n) is 3.78. The largest absolute Gasteiger partial charge is 0.480 e. The third-order valence-electron chi connectivity index (χ3n) is 4.97. The van der Waals surface area contributed by atoms with Gasteiger partial charge in [0.25, 0.3) is 0 Å². The summed E-state index contributed by atoms with van der Waals surface area (Å²) in [6, 6.07) is 0.0854. The van der Waals surface area contributed by atoms with Crippen LogP contribution < -0.4 is 0 Å². The molecule has 1 aromatic heterocycles. The predicted octanol–water partition coefficient (Wildman–Crippen LogP) is 2.43. The van der Waals surface area contributed by atoms with Gasteiger partial charge in [0.05, 0.1) is 5.69 Å². The van der Waals surface area contributed by atoms with Gasteiger partial charge in [-0.3, -0.25) is 14.4 Å². The molecule has 20 heavy (non-hydrogen) atoms. The van der Waals surface area contributed by atoms with E-state index in [-0.39, 0.29) is 6.04 Å². The molecule has 0 aromatic carbocycles. The molecule has 5 nitrogen and oxygen atoms in total. The van der Waals surface area contributed by atoms with Crippen LogP contribution in [0.4, 0.5) is 0 Å². The van der Waals surface area contributed by atoms with Crippen LogP contribution in [0.5, 0.6) is 0 Å². The zero-order chi connectivity index (χ0) is 15.1. The lowest BCUT2D eigenvalue weighted by atomic mass is 9.90. The van der Waals surface area contributed by atoms with Crippen molar-refractivity contribution in [1.82, 2.24) is 14.7 Å². The van der Waals surface area contributed by atoms with Gasteiger partial charge in [0, 0.05) is 24.3 Å². The first-order valence-corrected chi connectivity index (χ1v) is 7.35. The molecule has 1 fully saturated rings. The first-order chi connectivity index (χ1) is 9.35. The Balaban J connectivity index is 2.42. The molecule has 2 atom stereocenters. The van der Waals surface area contributed by atoms with Gasteiger partial charge in [-0.2, -0.15) is 5.10 Å². The van der Waals surface area contributed by atoms with E-state index in [0.717, 1.165) is 30.8 Å². The van der Waals surface area contributed by atoms with Crippen molar-refractivity contribution in [3.63, 3.8) is 0 Å². The molecule has 2 rings (SSSR count). The van der Waals surface area contributed by atoms with Gasteiger partial charge in [0.2, 0.25) is 0 Å². The predicted molar refractivity (Wildman–Crippen MR) is 77.7 cm³/mol. The minimum Gasteiger partial charge on any atom is -0.480 e. The monoisotopic (exact) mass is 279 g/mol. The zero-order valence-electron chi connectivity index (χ0n) is 13.1. The molecule has 0 radical (unpaired) electrons. The summed E-state index contributed by atoms with van der Waals surface area (Å²) in [5, 5.41) is 14.2. The van der Waals surface area contributed by atoms with Crippen molar-refractivity contribution in [3.05, 3.63) is 17.0 Å². The molecule has 1 saturated heterocycles. The van der Waals surface area contributed by atoms with Crippen LogP contribution in [0, 0.1) is 13.8 Å². The van der Waals surface area contributed by atoms with Crippen molar-refractivity contribution in [2.45, 2.75) is 58.5 Å². The second kappa shape index (κ2) is 5.20. The van der Waals surface area contributed by atoms with Gasteiger partial charge in [0.1, 0.15) is 5.54 Å². The molecular formula is C15H25N3O2. The van der Waals surface area contributed by atoms with Crippen molar-refractivity contribution in [2.75, 3.05) is 6.54 Å². The first kappa shape index (κ1) is 15.0. The number of rotatable bonds is 4. The van der Waals surface area contributed by atoms with Crippen molar-refractivity contribution < 1.29 is 9.90 Å². The summed E-state index contributed by atoms with van der Waals surface area (Å²) in [6.45, 7) is 8.98. The number of hydrogen-bond acceptors (Lipinski definition) is 3. The van der Waals surface area contributed by atoms with Crippen molar-refractivity contribution in [1.29, 1.82) is 0 Å². The Labute approximate surface area is 120 Å². The van der Waals surface area contributed by atoms with Gasteiger partial charge in [-0.1, -0.05) is 6.92 Å². The Morgan fingerprint density at radius 3 is 2.60 bits per heavy atom. The lowest BCUT2D eigenvalue weighted by Crippen LogP contribution is -2.51. The number of nitrogens with zero attached hydrogens (tertiary/aromatic N) is 3. The topological polar surface area (TPSA) is 58.4 Å². The maximum Gasteiger partial charge on any atom is 0.324 e. The van der Waals surface area contributed by atoms with Crippen LogP contribution in [0.1, 0.15) is 56.1 Å². The van der Waals surface area contributed by atoms with Crippen molar-refractivity contribution >= 4 is 5.97 Å². The highest BCUT2D eigenvalue weighted by Crippen LogP contribution is 2.40. The van der Waals surface area contributed by atoms with E-state index >= 15 is 0 Å². The number of aromatic nitrogens is 2. The SMILES string of the molecule is CCC1(C(=O)O)CCCN1C(C)c1c(C)nn(C)c1C. The van der Waals surface area contributed by atoms with Gasteiger partial charge in [-0.05, 0) is 46.6 Å². The molecule has 0 aliphatic carbocycles. The second-order valence-electron chi connectivity index (χ2n) is 5.87. The average Bonchev–Trinajstić information content (AvgIpc) is 2.92. The highest BCUT2D eigenvalue weighted by atomic mass is 16.4. The zero-order valence-corrected chi connectivity index (χ0v) is 13.1. The van der Waals surface area contributed by atoms with E-state index in [4.69, 9.17) is 0 Å². The minimum absolute atomic E-state index is 0.0854. The highest BCUT2D eigenvalue weighted by Gasteiger charge is 2.48. The molecule has 1 aromatic rings. The molecule has 2 unspecified atom stereocenters. The van der Waals surface area contributed by atoms with E-state index in [0.29, 0.717) is 6.42 Å². The molecule has 0 saturated carbocycles. The first-order valence-electron chi connectivity index (χ1n) is 7.35. The molecule has 1 aliphatic heterocycles. The number of likely N-dealkylation sites (tertiary alicyclic amines) is 1. The molecule has 0 amide bonds. The Morgan fingerprint density at radius 1 is 1.50 bits per heavy atom. The maximum absolute atomic E-state index is 11.8. The standard InChI is InChI=1S/C15H25N3O2/c1-6-15(14(19)20)8-7-9-18(15)12(4)13-10(2)16-17(5)11(13)3/h12H,6-9H2,1-5H3,(H,19,20). The quantitative estimate of drug-likeness (QED) is 0.919. The van der Waals surface area contributed by atoms with E-state index in [2.05, 4.69) is 23.8 Å². The van der Waals surface area contributed by atoms with E-state index in [9.17, 15) is 9.90 Å². The van der Waals surface area contributed by atoms with Crippen LogP contribution in [0.2, 0.25) is 0 Å². The Kier molecular flexibility index (Phi) is 3.91. The third kappa shape index (κ3) is 2.04. The normalized spacial score (nSPS) is 25.1. The minimum atomic E-state index is -0.714. The second-order valence-corrected chi connectivity index (χ2v) is 5.87. The molecule has 112 valence electrons. The Hall–Kier alpha value is -1.36. The Bertz CT molecular complexity index is 523. The molecule has 0 bridgehead atoms. The lowest BCUT2D eigenvalue weighted by Gasteiger charge is -2.38. The van der Waals surface area contributed by atoms with E-state index in [1.807, 2.05) is 25.6 Å². The van der Waals surface area contributed by atoms with Crippen molar-refractivity contribution in [2.24, 2.45) is 7.05 Å². The number of aryl methyl sites for hydroxylation is 2. The van der Waals surface area contributed by atoms with Crippen LogP contribution in [0.15, 0.2) is 0 Å².